The summed E-state index contributed by atoms with van der Waals surface area (Å²) < 4.78 is 36.9. The fourth-order valence-corrected chi connectivity index (χ4v) is 2.42. The minimum Gasteiger partial charge on any atom is -0.302 e. The van der Waals surface area contributed by atoms with Crippen molar-refractivity contribution < 1.29 is 13.2 Å². The summed E-state index contributed by atoms with van der Waals surface area (Å²) in [6.07, 6.45) is -1.52. The fraction of sp³-hybridized carbons (Fsp3) is 0.909. The summed E-state index contributed by atoms with van der Waals surface area (Å²) in [5, 5.41) is 12.1. The molecule has 0 aromatic rings. The lowest BCUT2D eigenvalue weighted by atomic mass is 9.79. The van der Waals surface area contributed by atoms with Gasteiger partial charge in [0.15, 0.2) is 0 Å². The van der Waals surface area contributed by atoms with Gasteiger partial charge in [-0.1, -0.05) is 0 Å². The Hall–Kier alpha value is -0.800. The largest absolute Gasteiger partial charge is 0.401 e. The fourth-order valence-electron chi connectivity index (χ4n) is 2.42. The number of nitrogens with one attached hydrogen (secondary N) is 1. The molecule has 1 fully saturated rings. The molecule has 2 unspecified atom stereocenters. The van der Waals surface area contributed by atoms with Crippen LogP contribution in [0.3, 0.4) is 0 Å². The quantitative estimate of drug-likeness (QED) is 0.830. The first kappa shape index (κ1) is 14.3. The summed E-state index contributed by atoms with van der Waals surface area (Å²) in [4.78, 5) is 1.31. The van der Waals surface area contributed by atoms with Crippen LogP contribution in [0, 0.1) is 11.3 Å². The maximum atomic E-state index is 12.3. The monoisotopic (exact) mass is 249 g/mol. The van der Waals surface area contributed by atoms with Crippen LogP contribution in [0.2, 0.25) is 0 Å². The molecule has 0 saturated heterocycles. The Morgan fingerprint density at radius 3 is 2.65 bits per heavy atom. The Morgan fingerprint density at radius 1 is 1.53 bits per heavy atom. The van der Waals surface area contributed by atoms with Crippen molar-refractivity contribution in [3.63, 3.8) is 0 Å². The normalized spacial score (nSPS) is 30.3. The van der Waals surface area contributed by atoms with Gasteiger partial charge in [0.1, 0.15) is 5.54 Å². The molecule has 0 aliphatic heterocycles. The predicted octanol–water partition coefficient (Wildman–Crippen LogP) is 1.90. The first-order valence-electron chi connectivity index (χ1n) is 5.69. The number of hydrogen-bond donors (Lipinski definition) is 1. The van der Waals surface area contributed by atoms with Gasteiger partial charge in [-0.3, -0.25) is 4.90 Å². The van der Waals surface area contributed by atoms with E-state index >= 15 is 0 Å². The molecule has 0 heterocycles. The van der Waals surface area contributed by atoms with Crippen LogP contribution in [-0.2, 0) is 0 Å². The molecular formula is C11H18F3N3. The third-order valence-electron chi connectivity index (χ3n) is 3.47. The lowest BCUT2D eigenvalue weighted by Crippen LogP contribution is -2.52. The minimum atomic E-state index is -4.18. The van der Waals surface area contributed by atoms with E-state index in [0.29, 0.717) is 12.8 Å². The smallest absolute Gasteiger partial charge is 0.302 e. The molecular weight excluding hydrogens is 231 g/mol. The van der Waals surface area contributed by atoms with E-state index in [2.05, 4.69) is 11.4 Å². The van der Waals surface area contributed by atoms with E-state index in [9.17, 15) is 13.2 Å². The molecule has 1 aliphatic carbocycles. The molecule has 1 saturated carbocycles. The number of nitrogens with zero attached hydrogens (tertiary/aromatic N) is 2. The summed E-state index contributed by atoms with van der Waals surface area (Å²) in [5.74, 6) is 0. The molecule has 0 aromatic heterocycles. The zero-order chi connectivity index (χ0) is 13.1. The molecule has 0 bridgehead atoms. The summed E-state index contributed by atoms with van der Waals surface area (Å²) in [5.41, 5.74) is -0.664. The maximum absolute atomic E-state index is 12.3. The second-order valence-corrected chi connectivity index (χ2v) is 4.72. The third kappa shape index (κ3) is 3.86. The lowest BCUT2D eigenvalue weighted by molar-refractivity contribution is -0.149. The molecule has 6 heteroatoms. The SMILES string of the molecule is CNC1(C#N)CCCC(N(C)CC(F)(F)F)C1. The van der Waals surface area contributed by atoms with Gasteiger partial charge in [-0.05, 0) is 39.8 Å². The van der Waals surface area contributed by atoms with Crippen LogP contribution >= 0.6 is 0 Å². The summed E-state index contributed by atoms with van der Waals surface area (Å²) in [6, 6.07) is 2.01. The van der Waals surface area contributed by atoms with E-state index < -0.39 is 18.3 Å². The average molecular weight is 249 g/mol. The third-order valence-corrected chi connectivity index (χ3v) is 3.47. The topological polar surface area (TPSA) is 39.1 Å². The van der Waals surface area contributed by atoms with Crippen molar-refractivity contribution in [3.05, 3.63) is 0 Å². The zero-order valence-electron chi connectivity index (χ0n) is 10.1. The molecule has 1 N–H and O–H groups in total. The summed E-state index contributed by atoms with van der Waals surface area (Å²) in [7, 11) is 3.16. The van der Waals surface area contributed by atoms with Gasteiger partial charge in [-0.15, -0.1) is 0 Å². The van der Waals surface area contributed by atoms with E-state index in [0.717, 1.165) is 12.8 Å². The highest BCUT2D eigenvalue weighted by Gasteiger charge is 2.39. The molecule has 0 spiro atoms. The Labute approximate surface area is 99.6 Å². The number of halogens is 3. The van der Waals surface area contributed by atoms with Crippen LogP contribution in [0.25, 0.3) is 0 Å². The van der Waals surface area contributed by atoms with Crippen molar-refractivity contribution >= 4 is 0 Å². The van der Waals surface area contributed by atoms with Crippen LogP contribution in [0.4, 0.5) is 13.2 Å². The molecule has 3 nitrogen and oxygen atoms in total. The van der Waals surface area contributed by atoms with Gasteiger partial charge < -0.3 is 5.32 Å². The van der Waals surface area contributed by atoms with Crippen molar-refractivity contribution in [1.29, 1.82) is 5.26 Å². The predicted molar refractivity (Wildman–Crippen MR) is 58.3 cm³/mol. The standard InChI is InChI=1S/C11H18F3N3/c1-16-10(7-15)5-3-4-9(6-10)17(2)8-11(12,13)14/h9,16H,3-6,8H2,1-2H3. The molecule has 0 radical (unpaired) electrons. The van der Waals surface area contributed by atoms with Crippen molar-refractivity contribution in [1.82, 2.24) is 10.2 Å². The first-order valence-corrected chi connectivity index (χ1v) is 5.69. The average Bonchev–Trinajstić information content (AvgIpc) is 2.27. The highest BCUT2D eigenvalue weighted by molar-refractivity contribution is 5.10. The Morgan fingerprint density at radius 2 is 2.18 bits per heavy atom. The number of hydrogen-bond acceptors (Lipinski definition) is 3. The van der Waals surface area contributed by atoms with Gasteiger partial charge >= 0.3 is 6.18 Å². The van der Waals surface area contributed by atoms with Gasteiger partial charge in [0.05, 0.1) is 12.6 Å². The second-order valence-electron chi connectivity index (χ2n) is 4.72. The van der Waals surface area contributed by atoms with E-state index in [-0.39, 0.29) is 6.04 Å². The lowest BCUT2D eigenvalue weighted by Gasteiger charge is -2.39. The van der Waals surface area contributed by atoms with Gasteiger partial charge in [0.25, 0.3) is 0 Å². The molecule has 1 aliphatic rings. The molecule has 0 amide bonds. The summed E-state index contributed by atoms with van der Waals surface area (Å²) in [6.45, 7) is -0.914. The molecule has 98 valence electrons. The highest BCUT2D eigenvalue weighted by Crippen LogP contribution is 2.31. The molecule has 17 heavy (non-hydrogen) atoms. The molecule has 2 atom stereocenters. The van der Waals surface area contributed by atoms with E-state index in [1.165, 1.54) is 11.9 Å². The van der Waals surface area contributed by atoms with Crippen LogP contribution in [-0.4, -0.2) is 43.3 Å². The maximum Gasteiger partial charge on any atom is 0.401 e. The first-order chi connectivity index (χ1) is 7.82. The van der Waals surface area contributed by atoms with Gasteiger partial charge in [0, 0.05) is 6.04 Å². The molecule has 1 rings (SSSR count). The Kier molecular flexibility index (Phi) is 4.39. The van der Waals surface area contributed by atoms with Crippen molar-refractivity contribution in [2.45, 2.75) is 43.4 Å². The van der Waals surface area contributed by atoms with Crippen molar-refractivity contribution in [2.24, 2.45) is 0 Å². The number of alkyl halides is 3. The number of rotatable bonds is 3. The van der Waals surface area contributed by atoms with E-state index in [1.807, 2.05) is 0 Å². The van der Waals surface area contributed by atoms with Gasteiger partial charge in [-0.2, -0.15) is 18.4 Å². The van der Waals surface area contributed by atoms with E-state index in [1.54, 1.807) is 7.05 Å². The minimum absolute atomic E-state index is 0.183. The van der Waals surface area contributed by atoms with E-state index in [4.69, 9.17) is 5.26 Å². The van der Waals surface area contributed by atoms with Gasteiger partial charge in [-0.25, -0.2) is 0 Å². The van der Waals surface area contributed by atoms with Crippen LogP contribution in [0.5, 0.6) is 0 Å². The van der Waals surface area contributed by atoms with Crippen LogP contribution in [0.15, 0.2) is 0 Å². The Balaban J connectivity index is 2.64. The van der Waals surface area contributed by atoms with Crippen LogP contribution < -0.4 is 5.32 Å². The second kappa shape index (κ2) is 5.23. The molecule has 0 aromatic carbocycles. The van der Waals surface area contributed by atoms with Crippen molar-refractivity contribution in [2.75, 3.05) is 20.6 Å². The number of nitriles is 1. The van der Waals surface area contributed by atoms with Crippen LogP contribution in [0.1, 0.15) is 25.7 Å². The zero-order valence-corrected chi connectivity index (χ0v) is 10.1. The Bertz CT molecular complexity index is 297. The summed E-state index contributed by atoms with van der Waals surface area (Å²) >= 11 is 0. The van der Waals surface area contributed by atoms with Gasteiger partial charge in [0.2, 0.25) is 0 Å². The highest BCUT2D eigenvalue weighted by atomic mass is 19.4. The van der Waals surface area contributed by atoms with Crippen molar-refractivity contribution in [3.8, 4) is 6.07 Å².